The van der Waals surface area contributed by atoms with E-state index in [4.69, 9.17) is 4.74 Å². The van der Waals surface area contributed by atoms with Gasteiger partial charge in [0.15, 0.2) is 0 Å². The molecular weight excluding hydrogens is 364 g/mol. The molecule has 0 spiro atoms. The minimum Gasteiger partial charge on any atom is -0.378 e. The summed E-state index contributed by atoms with van der Waals surface area (Å²) >= 11 is 0. The van der Waals surface area contributed by atoms with Crippen LogP contribution in [-0.4, -0.2) is 42.0 Å². The maximum atomic E-state index is 13.0. The Labute approximate surface area is 171 Å². The number of para-hydroxylation sites is 1. The first-order chi connectivity index (χ1) is 14.0. The normalized spacial score (nSPS) is 14.1. The number of hydrogen-bond acceptors (Lipinski definition) is 4. The molecule has 0 unspecified atom stereocenters. The van der Waals surface area contributed by atoms with Crippen LogP contribution in [0.25, 0.3) is 5.69 Å². The van der Waals surface area contributed by atoms with Gasteiger partial charge in [0, 0.05) is 24.5 Å². The standard InChI is InChI=1S/C23H26N4O2/c1-16-15-20(26-11-13-29-14-12-26)9-10-21(16)24-23(28)22-17(2)25-27(18(22)3)19-7-5-4-6-8-19/h4-10,15H,11-14H2,1-3H3,(H,24,28). The minimum atomic E-state index is -0.135. The average molecular weight is 390 g/mol. The first-order valence-corrected chi connectivity index (χ1v) is 9.91. The van der Waals surface area contributed by atoms with Crippen molar-refractivity contribution in [2.45, 2.75) is 20.8 Å². The molecule has 0 aliphatic carbocycles. The molecule has 3 aromatic rings. The molecule has 1 saturated heterocycles. The van der Waals surface area contributed by atoms with Gasteiger partial charge in [-0.2, -0.15) is 5.10 Å². The zero-order valence-electron chi connectivity index (χ0n) is 17.1. The van der Waals surface area contributed by atoms with E-state index in [-0.39, 0.29) is 5.91 Å². The number of amides is 1. The summed E-state index contributed by atoms with van der Waals surface area (Å²) in [5, 5.41) is 7.65. The lowest BCUT2D eigenvalue weighted by atomic mass is 10.1. The van der Waals surface area contributed by atoms with Crippen LogP contribution in [0.3, 0.4) is 0 Å². The number of rotatable bonds is 4. The second-order valence-corrected chi connectivity index (χ2v) is 7.35. The van der Waals surface area contributed by atoms with Gasteiger partial charge in [0.1, 0.15) is 0 Å². The number of nitrogens with zero attached hydrogens (tertiary/aromatic N) is 3. The first kappa shape index (κ1) is 19.2. The van der Waals surface area contributed by atoms with Crippen LogP contribution in [0.2, 0.25) is 0 Å². The van der Waals surface area contributed by atoms with Crippen molar-refractivity contribution in [3.05, 3.63) is 71.0 Å². The highest BCUT2D eigenvalue weighted by Crippen LogP contribution is 2.25. The van der Waals surface area contributed by atoms with E-state index in [1.165, 1.54) is 0 Å². The lowest BCUT2D eigenvalue weighted by Crippen LogP contribution is -2.36. The Kier molecular flexibility index (Phi) is 5.36. The number of anilines is 2. The summed E-state index contributed by atoms with van der Waals surface area (Å²) in [6.07, 6.45) is 0. The van der Waals surface area contributed by atoms with E-state index in [0.29, 0.717) is 11.3 Å². The van der Waals surface area contributed by atoms with Crippen LogP contribution in [0.4, 0.5) is 11.4 Å². The fourth-order valence-electron chi connectivity index (χ4n) is 3.78. The van der Waals surface area contributed by atoms with Gasteiger partial charge in [-0.3, -0.25) is 4.79 Å². The van der Waals surface area contributed by atoms with E-state index >= 15 is 0 Å². The van der Waals surface area contributed by atoms with E-state index in [9.17, 15) is 4.79 Å². The summed E-state index contributed by atoms with van der Waals surface area (Å²) in [4.78, 5) is 15.4. The number of ether oxygens (including phenoxy) is 1. The van der Waals surface area contributed by atoms with E-state index in [1.807, 2.05) is 61.9 Å². The molecule has 0 radical (unpaired) electrons. The molecule has 0 atom stereocenters. The van der Waals surface area contributed by atoms with Crippen molar-refractivity contribution in [1.82, 2.24) is 9.78 Å². The van der Waals surface area contributed by atoms with Gasteiger partial charge in [0.2, 0.25) is 0 Å². The third kappa shape index (κ3) is 3.89. The van der Waals surface area contributed by atoms with Gasteiger partial charge in [-0.05, 0) is 56.7 Å². The molecule has 150 valence electrons. The Balaban J connectivity index is 1.56. The number of benzene rings is 2. The molecule has 2 heterocycles. The van der Waals surface area contributed by atoms with Gasteiger partial charge in [-0.15, -0.1) is 0 Å². The minimum absolute atomic E-state index is 0.135. The topological polar surface area (TPSA) is 59.4 Å². The van der Waals surface area contributed by atoms with E-state index in [2.05, 4.69) is 27.4 Å². The van der Waals surface area contributed by atoms with Crippen LogP contribution in [0.1, 0.15) is 27.3 Å². The summed E-state index contributed by atoms with van der Waals surface area (Å²) in [5.74, 6) is -0.135. The Morgan fingerprint density at radius 1 is 1.00 bits per heavy atom. The predicted octanol–water partition coefficient (Wildman–Crippen LogP) is 3.89. The molecule has 6 heteroatoms. The van der Waals surface area contributed by atoms with Crippen molar-refractivity contribution in [3.8, 4) is 5.69 Å². The molecule has 1 amide bonds. The number of aryl methyl sites for hydroxylation is 2. The number of carbonyl (C=O) groups is 1. The Morgan fingerprint density at radius 3 is 2.41 bits per heavy atom. The number of morpholine rings is 1. The largest absolute Gasteiger partial charge is 0.378 e. The molecule has 1 aromatic heterocycles. The number of hydrogen-bond donors (Lipinski definition) is 1. The zero-order valence-corrected chi connectivity index (χ0v) is 17.1. The molecule has 1 N–H and O–H groups in total. The third-order valence-electron chi connectivity index (χ3n) is 5.35. The van der Waals surface area contributed by atoms with Gasteiger partial charge in [-0.25, -0.2) is 4.68 Å². The SMILES string of the molecule is Cc1cc(N2CCOCC2)ccc1NC(=O)c1c(C)nn(-c2ccccc2)c1C. The molecular formula is C23H26N4O2. The van der Waals surface area contributed by atoms with Crippen LogP contribution in [0.5, 0.6) is 0 Å². The Bertz CT molecular complexity index is 1020. The van der Waals surface area contributed by atoms with Crippen LogP contribution in [0, 0.1) is 20.8 Å². The van der Waals surface area contributed by atoms with Crippen LogP contribution >= 0.6 is 0 Å². The quantitative estimate of drug-likeness (QED) is 0.734. The summed E-state index contributed by atoms with van der Waals surface area (Å²) < 4.78 is 7.24. The summed E-state index contributed by atoms with van der Waals surface area (Å²) in [6, 6.07) is 16.0. The van der Waals surface area contributed by atoms with Gasteiger partial charge in [0.05, 0.1) is 35.9 Å². The van der Waals surface area contributed by atoms with Crippen molar-refractivity contribution >= 4 is 17.3 Å². The van der Waals surface area contributed by atoms with E-state index in [0.717, 1.165) is 54.6 Å². The average Bonchev–Trinajstić information content (AvgIpc) is 3.05. The third-order valence-corrected chi connectivity index (χ3v) is 5.35. The fourth-order valence-corrected chi connectivity index (χ4v) is 3.78. The highest BCUT2D eigenvalue weighted by Gasteiger charge is 2.20. The van der Waals surface area contributed by atoms with Crippen molar-refractivity contribution in [1.29, 1.82) is 0 Å². The number of aromatic nitrogens is 2. The fraction of sp³-hybridized carbons (Fsp3) is 0.304. The monoisotopic (exact) mass is 390 g/mol. The van der Waals surface area contributed by atoms with Crippen LogP contribution < -0.4 is 10.2 Å². The van der Waals surface area contributed by atoms with E-state index < -0.39 is 0 Å². The molecule has 6 nitrogen and oxygen atoms in total. The van der Waals surface area contributed by atoms with Crippen LogP contribution in [0.15, 0.2) is 48.5 Å². The maximum Gasteiger partial charge on any atom is 0.259 e. The van der Waals surface area contributed by atoms with E-state index in [1.54, 1.807) is 0 Å². The second-order valence-electron chi connectivity index (χ2n) is 7.35. The van der Waals surface area contributed by atoms with Crippen molar-refractivity contribution < 1.29 is 9.53 Å². The van der Waals surface area contributed by atoms with Gasteiger partial charge < -0.3 is 15.0 Å². The molecule has 0 saturated carbocycles. The molecule has 1 aliphatic heterocycles. The molecule has 1 aliphatic rings. The summed E-state index contributed by atoms with van der Waals surface area (Å²) in [6.45, 7) is 9.10. The maximum absolute atomic E-state index is 13.0. The van der Waals surface area contributed by atoms with Gasteiger partial charge >= 0.3 is 0 Å². The molecule has 0 bridgehead atoms. The Morgan fingerprint density at radius 2 is 1.72 bits per heavy atom. The van der Waals surface area contributed by atoms with Crippen molar-refractivity contribution in [2.75, 3.05) is 36.5 Å². The highest BCUT2D eigenvalue weighted by molar-refractivity contribution is 6.06. The van der Waals surface area contributed by atoms with Gasteiger partial charge in [-0.1, -0.05) is 18.2 Å². The highest BCUT2D eigenvalue weighted by atomic mass is 16.5. The zero-order chi connectivity index (χ0) is 20.4. The molecule has 2 aromatic carbocycles. The summed E-state index contributed by atoms with van der Waals surface area (Å²) in [7, 11) is 0. The summed E-state index contributed by atoms with van der Waals surface area (Å²) in [5.41, 5.74) is 6.11. The second kappa shape index (κ2) is 8.09. The molecule has 29 heavy (non-hydrogen) atoms. The molecule has 1 fully saturated rings. The molecule has 4 rings (SSSR count). The van der Waals surface area contributed by atoms with Crippen LogP contribution in [-0.2, 0) is 4.74 Å². The lowest BCUT2D eigenvalue weighted by molar-refractivity contribution is 0.102. The smallest absolute Gasteiger partial charge is 0.259 e. The Hall–Kier alpha value is -3.12. The predicted molar refractivity (Wildman–Crippen MR) is 115 cm³/mol. The lowest BCUT2D eigenvalue weighted by Gasteiger charge is -2.29. The number of nitrogens with one attached hydrogen (secondary N) is 1. The van der Waals surface area contributed by atoms with Crippen molar-refractivity contribution in [3.63, 3.8) is 0 Å². The first-order valence-electron chi connectivity index (χ1n) is 9.91. The van der Waals surface area contributed by atoms with Gasteiger partial charge in [0.25, 0.3) is 5.91 Å². The number of carbonyl (C=O) groups excluding carboxylic acids is 1. The van der Waals surface area contributed by atoms with Crippen molar-refractivity contribution in [2.24, 2.45) is 0 Å².